The Bertz CT molecular complexity index is 874. The van der Waals surface area contributed by atoms with Gasteiger partial charge in [-0.3, -0.25) is 4.79 Å². The molecular weight excluding hydrogens is 344 g/mol. The van der Waals surface area contributed by atoms with Crippen LogP contribution in [0.1, 0.15) is 44.4 Å². The Morgan fingerprint density at radius 2 is 1.69 bits per heavy atom. The highest BCUT2D eigenvalue weighted by Crippen LogP contribution is 2.55. The van der Waals surface area contributed by atoms with Gasteiger partial charge in [0.15, 0.2) is 0 Å². The summed E-state index contributed by atoms with van der Waals surface area (Å²) in [6.07, 6.45) is 1.02. The lowest BCUT2D eigenvalue weighted by Gasteiger charge is -2.46. The quantitative estimate of drug-likeness (QED) is 0.779. The molecule has 0 spiro atoms. The monoisotopic (exact) mass is 368 g/mol. The third-order valence-electron chi connectivity index (χ3n) is 6.52. The summed E-state index contributed by atoms with van der Waals surface area (Å²) >= 11 is 6.02. The number of carbonyl (C=O) groups excluding carboxylic acids is 1. The number of aryl methyl sites for hydroxylation is 1. The fourth-order valence-corrected chi connectivity index (χ4v) is 4.69. The smallest absolute Gasteiger partial charge is 0.244 e. The van der Waals surface area contributed by atoms with E-state index in [-0.39, 0.29) is 17.0 Å². The number of carbonyl (C=O) groups is 1. The fraction of sp³-hybridized carbons (Fsp3) is 0.409. The molecule has 0 aromatic heterocycles. The Kier molecular flexibility index (Phi) is 3.85. The predicted octanol–water partition coefficient (Wildman–Crippen LogP) is 4.76. The first-order chi connectivity index (χ1) is 12.3. The SMILES string of the molecule is CCc1ccc2c(c1)C(C)(C)C1(C)N(Cc3ccc(Cl)cc3)C(=O)CN21. The molecule has 136 valence electrons. The van der Waals surface area contributed by atoms with Gasteiger partial charge < -0.3 is 9.80 Å². The van der Waals surface area contributed by atoms with Gasteiger partial charge in [0.2, 0.25) is 5.91 Å². The lowest BCUT2D eigenvalue weighted by molar-refractivity contribution is -0.132. The van der Waals surface area contributed by atoms with Crippen molar-refractivity contribution in [2.75, 3.05) is 11.4 Å². The second kappa shape index (κ2) is 5.75. The number of rotatable bonds is 3. The largest absolute Gasteiger partial charge is 0.338 e. The maximum atomic E-state index is 12.9. The van der Waals surface area contributed by atoms with Crippen LogP contribution in [0.2, 0.25) is 5.02 Å². The number of nitrogens with zero attached hydrogens (tertiary/aromatic N) is 2. The van der Waals surface area contributed by atoms with Crippen molar-refractivity contribution in [2.24, 2.45) is 0 Å². The first-order valence-electron chi connectivity index (χ1n) is 9.25. The normalized spacial score (nSPS) is 23.3. The third kappa shape index (κ3) is 2.23. The molecule has 0 radical (unpaired) electrons. The molecule has 0 saturated carbocycles. The van der Waals surface area contributed by atoms with Crippen molar-refractivity contribution in [2.45, 2.75) is 51.7 Å². The van der Waals surface area contributed by atoms with E-state index in [0.717, 1.165) is 17.0 Å². The predicted molar refractivity (Wildman–Crippen MR) is 107 cm³/mol. The van der Waals surface area contributed by atoms with E-state index in [1.165, 1.54) is 16.8 Å². The van der Waals surface area contributed by atoms with Crippen molar-refractivity contribution in [1.82, 2.24) is 4.90 Å². The van der Waals surface area contributed by atoms with Crippen LogP contribution >= 0.6 is 11.6 Å². The molecule has 3 nitrogen and oxygen atoms in total. The first-order valence-corrected chi connectivity index (χ1v) is 9.63. The fourth-order valence-electron chi connectivity index (χ4n) is 4.57. The van der Waals surface area contributed by atoms with Crippen LogP contribution in [0.25, 0.3) is 0 Å². The van der Waals surface area contributed by atoms with Gasteiger partial charge in [0.25, 0.3) is 0 Å². The summed E-state index contributed by atoms with van der Waals surface area (Å²) in [7, 11) is 0. The number of hydrogen-bond donors (Lipinski definition) is 0. The van der Waals surface area contributed by atoms with Crippen molar-refractivity contribution in [3.63, 3.8) is 0 Å². The minimum Gasteiger partial charge on any atom is -0.338 e. The highest BCUT2D eigenvalue weighted by molar-refractivity contribution is 6.30. The van der Waals surface area contributed by atoms with Crippen molar-refractivity contribution in [3.8, 4) is 0 Å². The van der Waals surface area contributed by atoms with Crippen LogP contribution in [0.3, 0.4) is 0 Å². The van der Waals surface area contributed by atoms with Gasteiger partial charge in [0.05, 0.1) is 6.54 Å². The Labute approximate surface area is 160 Å². The molecule has 1 amide bonds. The Hall–Kier alpha value is -2.00. The van der Waals surface area contributed by atoms with E-state index in [0.29, 0.717) is 13.1 Å². The standard InChI is InChI=1S/C22H25ClN2O/c1-5-15-8-11-19-18(12-15)21(2,3)22(4)24(19)14-20(26)25(22)13-16-6-9-17(23)10-7-16/h6-12H,5,13-14H2,1-4H3. The van der Waals surface area contributed by atoms with E-state index >= 15 is 0 Å². The average molecular weight is 369 g/mol. The summed E-state index contributed by atoms with van der Waals surface area (Å²) in [6, 6.07) is 14.5. The topological polar surface area (TPSA) is 23.6 Å². The molecular formula is C22H25ClN2O. The molecule has 2 aliphatic heterocycles. The zero-order valence-corrected chi connectivity index (χ0v) is 16.6. The van der Waals surface area contributed by atoms with Crippen LogP contribution in [0.15, 0.2) is 42.5 Å². The molecule has 4 rings (SSSR count). The van der Waals surface area contributed by atoms with Crippen LogP contribution in [-0.4, -0.2) is 23.0 Å². The van der Waals surface area contributed by atoms with E-state index in [2.05, 4.69) is 50.8 Å². The number of benzene rings is 2. The molecule has 2 heterocycles. The van der Waals surface area contributed by atoms with Gasteiger partial charge in [-0.2, -0.15) is 0 Å². The molecule has 1 atom stereocenters. The molecule has 1 unspecified atom stereocenters. The molecule has 0 bridgehead atoms. The molecule has 2 aromatic rings. The van der Waals surface area contributed by atoms with E-state index in [9.17, 15) is 4.79 Å². The van der Waals surface area contributed by atoms with Gasteiger partial charge in [-0.1, -0.05) is 56.6 Å². The van der Waals surface area contributed by atoms with E-state index in [1.807, 2.05) is 29.2 Å². The Balaban J connectivity index is 1.78. The second-order valence-electron chi connectivity index (χ2n) is 8.04. The summed E-state index contributed by atoms with van der Waals surface area (Å²) in [5.74, 6) is 0.181. The molecule has 2 aromatic carbocycles. The lowest BCUT2D eigenvalue weighted by atomic mass is 9.75. The van der Waals surface area contributed by atoms with Crippen LogP contribution in [0.5, 0.6) is 0 Å². The highest BCUT2D eigenvalue weighted by Gasteiger charge is 2.62. The van der Waals surface area contributed by atoms with Crippen LogP contribution in [0, 0.1) is 0 Å². The van der Waals surface area contributed by atoms with Gasteiger partial charge in [0, 0.05) is 22.7 Å². The molecule has 2 aliphatic rings. The molecule has 0 aliphatic carbocycles. The van der Waals surface area contributed by atoms with Crippen molar-refractivity contribution < 1.29 is 4.79 Å². The summed E-state index contributed by atoms with van der Waals surface area (Å²) in [4.78, 5) is 17.3. The molecule has 1 saturated heterocycles. The number of hydrogen-bond acceptors (Lipinski definition) is 2. The summed E-state index contributed by atoms with van der Waals surface area (Å²) < 4.78 is 0. The Morgan fingerprint density at radius 3 is 2.35 bits per heavy atom. The lowest BCUT2D eigenvalue weighted by Crippen LogP contribution is -2.59. The Morgan fingerprint density at radius 1 is 1.04 bits per heavy atom. The molecule has 4 heteroatoms. The van der Waals surface area contributed by atoms with Crippen molar-refractivity contribution in [3.05, 3.63) is 64.2 Å². The maximum absolute atomic E-state index is 12.9. The van der Waals surface area contributed by atoms with E-state index < -0.39 is 0 Å². The van der Waals surface area contributed by atoms with Gasteiger partial charge in [-0.15, -0.1) is 0 Å². The number of halogens is 1. The van der Waals surface area contributed by atoms with Crippen molar-refractivity contribution in [1.29, 1.82) is 0 Å². The average Bonchev–Trinajstić information content (AvgIpc) is 2.97. The van der Waals surface area contributed by atoms with Gasteiger partial charge in [-0.05, 0) is 48.2 Å². The third-order valence-corrected chi connectivity index (χ3v) is 6.77. The maximum Gasteiger partial charge on any atom is 0.244 e. The number of anilines is 1. The number of fused-ring (bicyclic) bond motifs is 3. The van der Waals surface area contributed by atoms with Crippen LogP contribution < -0.4 is 4.90 Å². The summed E-state index contributed by atoms with van der Waals surface area (Å²) in [5.41, 5.74) is 4.45. The molecule has 26 heavy (non-hydrogen) atoms. The highest BCUT2D eigenvalue weighted by atomic mass is 35.5. The summed E-state index contributed by atoms with van der Waals surface area (Å²) in [6.45, 7) is 9.95. The minimum absolute atomic E-state index is 0.161. The van der Waals surface area contributed by atoms with Crippen LogP contribution in [0.4, 0.5) is 5.69 Å². The van der Waals surface area contributed by atoms with Gasteiger partial charge in [0.1, 0.15) is 5.66 Å². The van der Waals surface area contributed by atoms with Gasteiger partial charge in [-0.25, -0.2) is 0 Å². The zero-order valence-electron chi connectivity index (χ0n) is 15.8. The van der Waals surface area contributed by atoms with Crippen LogP contribution in [-0.2, 0) is 23.2 Å². The molecule has 1 fully saturated rings. The van der Waals surface area contributed by atoms with E-state index in [1.54, 1.807) is 0 Å². The van der Waals surface area contributed by atoms with Crippen molar-refractivity contribution >= 4 is 23.2 Å². The zero-order chi connectivity index (χ0) is 18.7. The summed E-state index contributed by atoms with van der Waals surface area (Å²) in [5, 5.41) is 0.718. The second-order valence-corrected chi connectivity index (χ2v) is 8.48. The minimum atomic E-state index is -0.377. The van der Waals surface area contributed by atoms with E-state index in [4.69, 9.17) is 11.6 Å². The molecule has 0 N–H and O–H groups in total. The van der Waals surface area contributed by atoms with Gasteiger partial charge >= 0.3 is 0 Å². The number of amides is 1. The first kappa shape index (κ1) is 17.4.